The van der Waals surface area contributed by atoms with Crippen LogP contribution in [-0.2, 0) is 6.54 Å². The minimum atomic E-state index is 0.217. The molecule has 5 heteroatoms. The predicted octanol–water partition coefficient (Wildman–Crippen LogP) is 0.568. The van der Waals surface area contributed by atoms with E-state index in [0.29, 0.717) is 12.2 Å². The van der Waals surface area contributed by atoms with Crippen molar-refractivity contribution in [2.75, 3.05) is 20.1 Å². The second kappa shape index (κ2) is 4.83. The van der Waals surface area contributed by atoms with Crippen LogP contribution < -0.4 is 5.32 Å². The van der Waals surface area contributed by atoms with Gasteiger partial charge in [-0.1, -0.05) is 0 Å². The van der Waals surface area contributed by atoms with Gasteiger partial charge in [0, 0.05) is 26.3 Å². The summed E-state index contributed by atoms with van der Waals surface area (Å²) in [5, 5.41) is 12.7. The molecule has 0 atom stereocenters. The van der Waals surface area contributed by atoms with Gasteiger partial charge in [-0.3, -0.25) is 9.98 Å². The topological polar surface area (TPSA) is 60.8 Å². The summed E-state index contributed by atoms with van der Waals surface area (Å²) in [6.45, 7) is 2.37. The Labute approximate surface area is 94.8 Å². The van der Waals surface area contributed by atoms with E-state index in [1.165, 1.54) is 0 Å². The van der Waals surface area contributed by atoms with Gasteiger partial charge >= 0.3 is 0 Å². The van der Waals surface area contributed by atoms with E-state index in [0.717, 1.165) is 25.5 Å². The summed E-state index contributed by atoms with van der Waals surface area (Å²) < 4.78 is 0. The molecule has 1 aromatic heterocycles. The predicted molar refractivity (Wildman–Crippen MR) is 62.3 cm³/mol. The molecule has 0 saturated heterocycles. The third-order valence-electron chi connectivity index (χ3n) is 2.55. The largest absolute Gasteiger partial charge is 0.506 e. The van der Waals surface area contributed by atoms with Crippen molar-refractivity contribution in [2.45, 2.75) is 13.0 Å². The lowest BCUT2D eigenvalue weighted by atomic mass is 10.3. The second-order valence-corrected chi connectivity index (χ2v) is 3.80. The molecule has 1 aliphatic heterocycles. The Morgan fingerprint density at radius 3 is 3.19 bits per heavy atom. The number of rotatable bonds is 2. The Morgan fingerprint density at radius 1 is 1.56 bits per heavy atom. The molecule has 2 heterocycles. The highest BCUT2D eigenvalue weighted by molar-refractivity contribution is 5.80. The minimum Gasteiger partial charge on any atom is -0.506 e. The number of hydrogen-bond donors (Lipinski definition) is 2. The van der Waals surface area contributed by atoms with Crippen molar-refractivity contribution in [1.82, 2.24) is 15.2 Å². The SMILES string of the molecule is CN1CCCN=C1NCc1ncccc1O. The first-order valence-corrected chi connectivity index (χ1v) is 5.39. The van der Waals surface area contributed by atoms with Crippen LogP contribution in [0.4, 0.5) is 0 Å². The Kier molecular flexibility index (Phi) is 3.24. The first kappa shape index (κ1) is 10.7. The molecule has 1 aromatic rings. The van der Waals surface area contributed by atoms with Crippen molar-refractivity contribution in [2.24, 2.45) is 4.99 Å². The van der Waals surface area contributed by atoms with Crippen LogP contribution in [0.5, 0.6) is 5.75 Å². The first-order valence-electron chi connectivity index (χ1n) is 5.39. The van der Waals surface area contributed by atoms with Gasteiger partial charge in [-0.25, -0.2) is 0 Å². The van der Waals surface area contributed by atoms with Crippen LogP contribution in [0.25, 0.3) is 0 Å². The van der Waals surface area contributed by atoms with Crippen LogP contribution in [-0.4, -0.2) is 41.1 Å². The molecule has 0 aromatic carbocycles. The molecule has 0 aliphatic carbocycles. The number of aliphatic imine (C=N–C) groups is 1. The van der Waals surface area contributed by atoms with Gasteiger partial charge in [0.2, 0.25) is 0 Å². The summed E-state index contributed by atoms with van der Waals surface area (Å²) in [6, 6.07) is 3.35. The molecule has 2 rings (SSSR count). The highest BCUT2D eigenvalue weighted by atomic mass is 16.3. The lowest BCUT2D eigenvalue weighted by Gasteiger charge is -2.25. The van der Waals surface area contributed by atoms with E-state index >= 15 is 0 Å². The number of hydrogen-bond acceptors (Lipinski definition) is 5. The Hall–Kier alpha value is -1.78. The fraction of sp³-hybridized carbons (Fsp3) is 0.455. The van der Waals surface area contributed by atoms with E-state index in [1.54, 1.807) is 18.3 Å². The van der Waals surface area contributed by atoms with Crippen LogP contribution in [0.15, 0.2) is 23.3 Å². The van der Waals surface area contributed by atoms with Crippen molar-refractivity contribution in [3.8, 4) is 5.75 Å². The van der Waals surface area contributed by atoms with E-state index in [9.17, 15) is 5.11 Å². The van der Waals surface area contributed by atoms with Crippen molar-refractivity contribution in [1.29, 1.82) is 0 Å². The zero-order chi connectivity index (χ0) is 11.4. The van der Waals surface area contributed by atoms with E-state index < -0.39 is 0 Å². The Bertz CT molecular complexity index is 391. The van der Waals surface area contributed by atoms with Crippen LogP contribution in [0.1, 0.15) is 12.1 Å². The number of nitrogens with one attached hydrogen (secondary N) is 1. The molecule has 86 valence electrons. The van der Waals surface area contributed by atoms with Gasteiger partial charge in [-0.2, -0.15) is 0 Å². The van der Waals surface area contributed by atoms with Crippen LogP contribution >= 0.6 is 0 Å². The van der Waals surface area contributed by atoms with Crippen LogP contribution in [0, 0.1) is 0 Å². The Morgan fingerprint density at radius 2 is 2.44 bits per heavy atom. The maximum atomic E-state index is 9.55. The van der Waals surface area contributed by atoms with Gasteiger partial charge in [0.1, 0.15) is 11.4 Å². The van der Waals surface area contributed by atoms with Gasteiger partial charge in [0.15, 0.2) is 5.96 Å². The highest BCUT2D eigenvalue weighted by Gasteiger charge is 2.11. The van der Waals surface area contributed by atoms with Gasteiger partial charge in [0.05, 0.1) is 6.54 Å². The number of pyridine rings is 1. The maximum absolute atomic E-state index is 9.55. The van der Waals surface area contributed by atoms with Crippen LogP contribution in [0.2, 0.25) is 0 Å². The van der Waals surface area contributed by atoms with Gasteiger partial charge in [0.25, 0.3) is 0 Å². The molecule has 5 nitrogen and oxygen atoms in total. The fourth-order valence-electron chi connectivity index (χ4n) is 1.64. The standard InChI is InChI=1S/C11H16N4O/c1-15-7-3-6-13-11(15)14-8-9-10(16)4-2-5-12-9/h2,4-5,16H,3,6-8H2,1H3,(H,13,14). The zero-order valence-corrected chi connectivity index (χ0v) is 9.35. The molecular weight excluding hydrogens is 204 g/mol. The number of aromatic hydroxyl groups is 1. The fourth-order valence-corrected chi connectivity index (χ4v) is 1.64. The minimum absolute atomic E-state index is 0.217. The Balaban J connectivity index is 1.97. The smallest absolute Gasteiger partial charge is 0.193 e. The van der Waals surface area contributed by atoms with Gasteiger partial charge in [-0.15, -0.1) is 0 Å². The molecule has 2 N–H and O–H groups in total. The molecule has 0 amide bonds. The van der Waals surface area contributed by atoms with Crippen molar-refractivity contribution in [3.05, 3.63) is 24.0 Å². The summed E-state index contributed by atoms with van der Waals surface area (Å²) in [4.78, 5) is 10.6. The summed E-state index contributed by atoms with van der Waals surface area (Å²) in [5.41, 5.74) is 0.643. The molecule has 16 heavy (non-hydrogen) atoms. The zero-order valence-electron chi connectivity index (χ0n) is 9.35. The summed E-state index contributed by atoms with van der Waals surface area (Å²) in [7, 11) is 2.00. The van der Waals surface area contributed by atoms with E-state index in [4.69, 9.17) is 0 Å². The lowest BCUT2D eigenvalue weighted by Crippen LogP contribution is -2.41. The average Bonchev–Trinajstić information content (AvgIpc) is 2.30. The third-order valence-corrected chi connectivity index (χ3v) is 2.55. The average molecular weight is 220 g/mol. The summed E-state index contributed by atoms with van der Waals surface area (Å²) >= 11 is 0. The molecule has 0 radical (unpaired) electrons. The number of aromatic nitrogens is 1. The van der Waals surface area contributed by atoms with Gasteiger partial charge in [-0.05, 0) is 18.6 Å². The van der Waals surface area contributed by atoms with Crippen molar-refractivity contribution in [3.63, 3.8) is 0 Å². The maximum Gasteiger partial charge on any atom is 0.193 e. The molecular formula is C11H16N4O. The number of guanidine groups is 1. The molecule has 0 spiro atoms. The summed E-state index contributed by atoms with van der Waals surface area (Å²) in [6.07, 6.45) is 2.76. The molecule has 1 aliphatic rings. The molecule has 0 fully saturated rings. The van der Waals surface area contributed by atoms with Crippen molar-refractivity contribution >= 4 is 5.96 Å². The molecule has 0 saturated carbocycles. The monoisotopic (exact) mass is 220 g/mol. The van der Waals surface area contributed by atoms with E-state index in [2.05, 4.69) is 20.2 Å². The molecule has 0 bridgehead atoms. The number of nitrogens with zero attached hydrogens (tertiary/aromatic N) is 3. The molecule has 0 unspecified atom stereocenters. The van der Waals surface area contributed by atoms with Gasteiger partial charge < -0.3 is 15.3 Å². The van der Waals surface area contributed by atoms with Crippen LogP contribution in [0.3, 0.4) is 0 Å². The highest BCUT2D eigenvalue weighted by Crippen LogP contribution is 2.12. The normalized spacial score (nSPS) is 15.8. The second-order valence-electron chi connectivity index (χ2n) is 3.80. The van der Waals surface area contributed by atoms with Crippen molar-refractivity contribution < 1.29 is 5.11 Å². The lowest BCUT2D eigenvalue weighted by molar-refractivity contribution is 0.440. The summed E-state index contributed by atoms with van der Waals surface area (Å²) in [5.74, 6) is 1.09. The first-order chi connectivity index (χ1) is 7.77. The van der Waals surface area contributed by atoms with E-state index in [-0.39, 0.29) is 5.75 Å². The van der Waals surface area contributed by atoms with E-state index in [1.807, 2.05) is 7.05 Å². The third kappa shape index (κ3) is 2.42. The quantitative estimate of drug-likeness (QED) is 0.765.